The zero-order chi connectivity index (χ0) is 15.5. The second-order valence-corrected chi connectivity index (χ2v) is 4.73. The van der Waals surface area contributed by atoms with Gasteiger partial charge in [0.15, 0.2) is 11.5 Å². The van der Waals surface area contributed by atoms with Crippen LogP contribution in [-0.4, -0.2) is 25.5 Å². The highest BCUT2D eigenvalue weighted by Gasteiger charge is 2.33. The Hall–Kier alpha value is -1.92. The minimum absolute atomic E-state index is 0.0953. The largest absolute Gasteiger partial charge is 0.573 e. The van der Waals surface area contributed by atoms with Gasteiger partial charge in [-0.1, -0.05) is 0 Å². The van der Waals surface area contributed by atoms with E-state index >= 15 is 0 Å². The van der Waals surface area contributed by atoms with Crippen molar-refractivity contribution in [2.75, 3.05) is 7.11 Å². The Morgan fingerprint density at radius 3 is 2.43 bits per heavy atom. The van der Waals surface area contributed by atoms with Crippen molar-refractivity contribution in [3.05, 3.63) is 23.8 Å². The number of alkyl halides is 3. The van der Waals surface area contributed by atoms with E-state index in [1.165, 1.54) is 19.2 Å². The number of esters is 1. The molecule has 0 aromatic heterocycles. The number of methoxy groups -OCH3 is 1. The van der Waals surface area contributed by atoms with Crippen LogP contribution in [-0.2, 0) is 4.74 Å². The second-order valence-electron chi connectivity index (χ2n) is 4.73. The van der Waals surface area contributed by atoms with Crippen LogP contribution >= 0.6 is 0 Å². The summed E-state index contributed by atoms with van der Waals surface area (Å²) >= 11 is 0. The normalized spacial score (nSPS) is 15.8. The first-order chi connectivity index (χ1) is 9.89. The maximum Gasteiger partial charge on any atom is 0.573 e. The molecule has 1 saturated carbocycles. The van der Waals surface area contributed by atoms with Gasteiger partial charge in [0.05, 0.1) is 18.8 Å². The lowest BCUT2D eigenvalue weighted by molar-refractivity contribution is -0.275. The molecule has 0 atom stereocenters. The Kier molecular flexibility index (Phi) is 4.59. The van der Waals surface area contributed by atoms with Gasteiger partial charge in [-0.2, -0.15) is 0 Å². The maximum absolute atomic E-state index is 12.4. The Bertz CT molecular complexity index is 507. The fourth-order valence-electron chi connectivity index (χ4n) is 2.24. The van der Waals surface area contributed by atoms with Gasteiger partial charge in [-0.15, -0.1) is 13.2 Å². The van der Waals surface area contributed by atoms with Gasteiger partial charge in [0, 0.05) is 0 Å². The molecule has 2 rings (SSSR count). The Labute approximate surface area is 119 Å². The maximum atomic E-state index is 12.4. The third-order valence-electron chi connectivity index (χ3n) is 3.19. The van der Waals surface area contributed by atoms with Crippen LogP contribution < -0.4 is 9.47 Å². The molecular weight excluding hydrogens is 289 g/mol. The van der Waals surface area contributed by atoms with Gasteiger partial charge in [0.25, 0.3) is 0 Å². The van der Waals surface area contributed by atoms with Crippen molar-refractivity contribution in [1.82, 2.24) is 0 Å². The van der Waals surface area contributed by atoms with Crippen molar-refractivity contribution in [2.24, 2.45) is 0 Å². The zero-order valence-electron chi connectivity index (χ0n) is 11.4. The molecule has 0 heterocycles. The highest BCUT2D eigenvalue weighted by atomic mass is 19.4. The average Bonchev–Trinajstić information content (AvgIpc) is 2.91. The number of hydrogen-bond donors (Lipinski definition) is 0. The van der Waals surface area contributed by atoms with E-state index in [0.717, 1.165) is 31.7 Å². The van der Waals surface area contributed by atoms with Crippen LogP contribution in [0.4, 0.5) is 13.2 Å². The lowest BCUT2D eigenvalue weighted by atomic mass is 10.2. The number of benzene rings is 1. The summed E-state index contributed by atoms with van der Waals surface area (Å²) in [6.07, 6.45) is -1.50. The number of carbonyl (C=O) groups is 1. The lowest BCUT2D eigenvalue weighted by Crippen LogP contribution is -2.19. The van der Waals surface area contributed by atoms with Crippen LogP contribution in [0.1, 0.15) is 36.0 Å². The molecule has 0 unspecified atom stereocenters. The second kappa shape index (κ2) is 6.24. The van der Waals surface area contributed by atoms with E-state index in [9.17, 15) is 18.0 Å². The molecule has 0 aliphatic heterocycles. The molecule has 1 aliphatic rings. The van der Waals surface area contributed by atoms with Crippen LogP contribution in [0.5, 0.6) is 11.5 Å². The molecule has 21 heavy (non-hydrogen) atoms. The van der Waals surface area contributed by atoms with Crippen LogP contribution in [0, 0.1) is 0 Å². The van der Waals surface area contributed by atoms with Gasteiger partial charge in [0.2, 0.25) is 0 Å². The quantitative estimate of drug-likeness (QED) is 0.796. The van der Waals surface area contributed by atoms with Crippen molar-refractivity contribution in [2.45, 2.75) is 38.1 Å². The summed E-state index contributed by atoms with van der Waals surface area (Å²) in [5.74, 6) is -1.20. The number of carbonyl (C=O) groups excluding carboxylic acids is 1. The first-order valence-corrected chi connectivity index (χ1v) is 6.54. The van der Waals surface area contributed by atoms with Crippen molar-refractivity contribution >= 4 is 5.97 Å². The predicted molar refractivity (Wildman–Crippen MR) is 67.3 cm³/mol. The summed E-state index contributed by atoms with van der Waals surface area (Å²) in [5.41, 5.74) is 0.111. The van der Waals surface area contributed by atoms with E-state index in [2.05, 4.69) is 9.47 Å². The first-order valence-electron chi connectivity index (χ1n) is 6.54. The topological polar surface area (TPSA) is 44.8 Å². The van der Waals surface area contributed by atoms with E-state index < -0.39 is 18.1 Å². The van der Waals surface area contributed by atoms with Gasteiger partial charge in [-0.05, 0) is 43.9 Å². The number of rotatable bonds is 4. The van der Waals surface area contributed by atoms with Crippen LogP contribution in [0.15, 0.2) is 18.2 Å². The van der Waals surface area contributed by atoms with Crippen molar-refractivity contribution in [3.8, 4) is 11.5 Å². The SMILES string of the molecule is COC(=O)c1ccc(OC(F)(F)F)c(OC2CCCC2)c1. The predicted octanol–water partition coefficient (Wildman–Crippen LogP) is 3.69. The molecule has 0 radical (unpaired) electrons. The highest BCUT2D eigenvalue weighted by molar-refractivity contribution is 5.90. The van der Waals surface area contributed by atoms with E-state index in [-0.39, 0.29) is 17.4 Å². The summed E-state index contributed by atoms with van der Waals surface area (Å²) in [6.45, 7) is 0. The van der Waals surface area contributed by atoms with Crippen LogP contribution in [0.2, 0.25) is 0 Å². The molecule has 1 aliphatic carbocycles. The van der Waals surface area contributed by atoms with E-state index in [0.29, 0.717) is 0 Å². The Morgan fingerprint density at radius 2 is 1.86 bits per heavy atom. The monoisotopic (exact) mass is 304 g/mol. The van der Waals surface area contributed by atoms with Crippen molar-refractivity contribution < 1.29 is 32.2 Å². The summed E-state index contributed by atoms with van der Waals surface area (Å²) in [7, 11) is 1.19. The molecule has 4 nitrogen and oxygen atoms in total. The van der Waals surface area contributed by atoms with Gasteiger partial charge in [-0.25, -0.2) is 4.79 Å². The van der Waals surface area contributed by atoms with Crippen molar-refractivity contribution in [1.29, 1.82) is 0 Å². The molecule has 0 spiro atoms. The Morgan fingerprint density at radius 1 is 1.19 bits per heavy atom. The molecular formula is C14H15F3O4. The molecule has 116 valence electrons. The summed E-state index contributed by atoms with van der Waals surface area (Å²) in [5, 5.41) is 0. The van der Waals surface area contributed by atoms with Crippen molar-refractivity contribution in [3.63, 3.8) is 0 Å². The molecule has 0 N–H and O–H groups in total. The average molecular weight is 304 g/mol. The van der Waals surface area contributed by atoms with Gasteiger partial charge in [0.1, 0.15) is 0 Å². The molecule has 0 bridgehead atoms. The number of halogens is 3. The molecule has 1 aromatic rings. The van der Waals surface area contributed by atoms with E-state index in [1.807, 2.05) is 0 Å². The third-order valence-corrected chi connectivity index (χ3v) is 3.19. The summed E-state index contributed by atoms with van der Waals surface area (Å²) < 4.78 is 51.2. The van der Waals surface area contributed by atoms with E-state index in [4.69, 9.17) is 4.74 Å². The minimum atomic E-state index is -4.82. The fourth-order valence-corrected chi connectivity index (χ4v) is 2.24. The first kappa shape index (κ1) is 15.5. The zero-order valence-corrected chi connectivity index (χ0v) is 11.4. The summed E-state index contributed by atoms with van der Waals surface area (Å²) in [4.78, 5) is 11.5. The van der Waals surface area contributed by atoms with Gasteiger partial charge < -0.3 is 14.2 Å². The molecule has 7 heteroatoms. The molecule has 0 amide bonds. The smallest absolute Gasteiger partial charge is 0.487 e. The third kappa shape index (κ3) is 4.27. The molecule has 0 saturated heterocycles. The van der Waals surface area contributed by atoms with Crippen LogP contribution in [0.25, 0.3) is 0 Å². The Balaban J connectivity index is 2.27. The number of hydrogen-bond acceptors (Lipinski definition) is 4. The molecule has 1 aromatic carbocycles. The van der Waals surface area contributed by atoms with Crippen LogP contribution in [0.3, 0.4) is 0 Å². The lowest BCUT2D eigenvalue weighted by Gasteiger charge is -2.18. The van der Waals surface area contributed by atoms with Gasteiger partial charge in [-0.3, -0.25) is 0 Å². The number of ether oxygens (including phenoxy) is 3. The van der Waals surface area contributed by atoms with E-state index in [1.54, 1.807) is 0 Å². The highest BCUT2D eigenvalue weighted by Crippen LogP contribution is 2.35. The standard InChI is InChI=1S/C14H15F3O4/c1-19-13(18)9-6-7-11(21-14(15,16)17)12(8-9)20-10-4-2-3-5-10/h6-8,10H,2-5H2,1H3. The van der Waals surface area contributed by atoms with Gasteiger partial charge >= 0.3 is 12.3 Å². The molecule has 1 fully saturated rings. The summed E-state index contributed by atoms with van der Waals surface area (Å²) in [6, 6.07) is 3.48. The fraction of sp³-hybridized carbons (Fsp3) is 0.500. The minimum Gasteiger partial charge on any atom is -0.487 e.